The maximum absolute atomic E-state index is 13.0. The van der Waals surface area contributed by atoms with E-state index < -0.39 is 6.04 Å². The van der Waals surface area contributed by atoms with E-state index in [9.17, 15) is 4.79 Å². The van der Waals surface area contributed by atoms with Crippen LogP contribution in [0.5, 0.6) is 0 Å². The molecule has 7 heteroatoms. The molecule has 1 saturated heterocycles. The summed E-state index contributed by atoms with van der Waals surface area (Å²) in [5.74, 6) is 0.192. The highest BCUT2D eigenvalue weighted by atomic mass is 32.1. The van der Waals surface area contributed by atoms with Gasteiger partial charge in [-0.3, -0.25) is 9.48 Å². The predicted molar refractivity (Wildman–Crippen MR) is 144 cm³/mol. The van der Waals surface area contributed by atoms with Gasteiger partial charge in [0.2, 0.25) is 5.91 Å². The highest BCUT2D eigenvalue weighted by Crippen LogP contribution is 2.38. The molecule has 2 atom stereocenters. The molecule has 2 aromatic carbocycles. The first-order valence-corrected chi connectivity index (χ1v) is 13.1. The molecule has 1 aliphatic rings. The van der Waals surface area contributed by atoms with Gasteiger partial charge in [0, 0.05) is 41.1 Å². The van der Waals surface area contributed by atoms with Crippen molar-refractivity contribution in [2.45, 2.75) is 38.8 Å². The molecule has 0 saturated carbocycles. The Labute approximate surface area is 208 Å². The van der Waals surface area contributed by atoms with E-state index in [4.69, 9.17) is 5.73 Å². The summed E-state index contributed by atoms with van der Waals surface area (Å²) in [7, 11) is 2.03. The van der Waals surface area contributed by atoms with E-state index in [0.29, 0.717) is 0 Å². The number of rotatable bonds is 5. The Morgan fingerprint density at radius 2 is 1.89 bits per heavy atom. The quantitative estimate of drug-likeness (QED) is 0.284. The van der Waals surface area contributed by atoms with Crippen molar-refractivity contribution in [1.29, 1.82) is 0 Å². The second kappa shape index (κ2) is 8.43. The van der Waals surface area contributed by atoms with E-state index >= 15 is 0 Å². The molecule has 4 heterocycles. The number of aromatic nitrogens is 3. The summed E-state index contributed by atoms with van der Waals surface area (Å²) in [5.41, 5.74) is 10.9. The monoisotopic (exact) mass is 485 g/mol. The highest BCUT2D eigenvalue weighted by Gasteiger charge is 2.34. The standard InChI is InChI=1S/C28H31N5OS/c1-16(2)26(29)28(34)33-12-4-5-22(33)21-14-19-7-6-17-13-18(8-9-20(17)27(19)31-21)24-10-11-25(35-24)23-15-30-32(23)3/h6-11,13-16,22,26,30-31H,4-5,12,29H2,1-3H3/t22-,26-/m0/s1. The molecular formula is C28H31N5OS. The van der Waals surface area contributed by atoms with Crippen molar-refractivity contribution in [2.75, 3.05) is 6.54 Å². The van der Waals surface area contributed by atoms with Crippen molar-refractivity contribution in [2.24, 2.45) is 18.7 Å². The zero-order valence-electron chi connectivity index (χ0n) is 20.3. The van der Waals surface area contributed by atoms with Crippen LogP contribution in [-0.2, 0) is 11.8 Å². The maximum Gasteiger partial charge on any atom is 0.240 e. The number of H-pyrrole nitrogens is 2. The molecule has 6 nitrogen and oxygen atoms in total. The van der Waals surface area contributed by atoms with Crippen molar-refractivity contribution in [3.63, 3.8) is 0 Å². The van der Waals surface area contributed by atoms with Gasteiger partial charge in [-0.05, 0) is 54.0 Å². The van der Waals surface area contributed by atoms with Gasteiger partial charge in [0.15, 0.2) is 0 Å². The summed E-state index contributed by atoms with van der Waals surface area (Å²) in [6.07, 6.45) is 4.00. The summed E-state index contributed by atoms with van der Waals surface area (Å²) in [4.78, 5) is 21.2. The Morgan fingerprint density at radius 1 is 1.09 bits per heavy atom. The van der Waals surface area contributed by atoms with Crippen LogP contribution < -0.4 is 5.73 Å². The van der Waals surface area contributed by atoms with Crippen molar-refractivity contribution < 1.29 is 4.79 Å². The molecule has 0 radical (unpaired) electrons. The topological polar surface area (TPSA) is 82.8 Å². The smallest absolute Gasteiger partial charge is 0.240 e. The molecule has 0 aliphatic carbocycles. The lowest BCUT2D eigenvalue weighted by Gasteiger charge is -2.28. The maximum atomic E-state index is 13.0. The second-order valence-corrected chi connectivity index (χ2v) is 11.1. The molecule has 1 amide bonds. The van der Waals surface area contributed by atoms with Crippen LogP contribution in [0, 0.1) is 5.92 Å². The van der Waals surface area contributed by atoms with Crippen LogP contribution in [0.3, 0.4) is 0 Å². The number of nitrogens with one attached hydrogen (secondary N) is 2. The summed E-state index contributed by atoms with van der Waals surface area (Å²) in [6.45, 7) is 4.79. The number of amides is 1. The van der Waals surface area contributed by atoms with E-state index in [1.807, 2.05) is 48.0 Å². The number of likely N-dealkylation sites (tertiary alicyclic amines) is 1. The van der Waals surface area contributed by atoms with Gasteiger partial charge in [-0.1, -0.05) is 38.1 Å². The normalized spacial score (nSPS) is 17.3. The number of nitrogens with zero attached hydrogens (tertiary/aromatic N) is 2. The van der Waals surface area contributed by atoms with E-state index in [0.717, 1.165) is 30.6 Å². The molecule has 0 spiro atoms. The van der Waals surface area contributed by atoms with Crippen LogP contribution in [-0.4, -0.2) is 38.2 Å². The molecule has 3 aromatic heterocycles. The molecule has 180 valence electrons. The van der Waals surface area contributed by atoms with Crippen molar-refractivity contribution in [3.8, 4) is 21.0 Å². The molecule has 35 heavy (non-hydrogen) atoms. The molecule has 4 N–H and O–H groups in total. The number of hydrogen-bond acceptors (Lipinski definition) is 3. The highest BCUT2D eigenvalue weighted by molar-refractivity contribution is 7.18. The number of nitrogens with two attached hydrogens (primary N) is 1. The van der Waals surface area contributed by atoms with Gasteiger partial charge < -0.3 is 20.7 Å². The summed E-state index contributed by atoms with van der Waals surface area (Å²) in [6, 6.07) is 17.3. The molecular weight excluding hydrogens is 454 g/mol. The van der Waals surface area contributed by atoms with Crippen molar-refractivity contribution >= 4 is 38.9 Å². The van der Waals surface area contributed by atoms with E-state index in [-0.39, 0.29) is 17.9 Å². The van der Waals surface area contributed by atoms with Gasteiger partial charge in [-0.15, -0.1) is 11.3 Å². The number of benzene rings is 2. The fraction of sp³-hybridized carbons (Fsp3) is 0.321. The third-order valence-electron chi connectivity index (χ3n) is 7.43. The Balaban J connectivity index is 1.33. The van der Waals surface area contributed by atoms with Crippen LogP contribution in [0.1, 0.15) is 38.4 Å². The molecule has 0 bridgehead atoms. The lowest BCUT2D eigenvalue weighted by atomic mass is 10.0. The number of carbonyl (C=O) groups excluding carboxylic acids is 1. The van der Waals surface area contributed by atoms with Crippen LogP contribution >= 0.6 is 11.3 Å². The average Bonchev–Trinajstić information content (AvgIpc) is 3.60. The fourth-order valence-corrected chi connectivity index (χ4v) is 6.30. The van der Waals surface area contributed by atoms with Gasteiger partial charge in [-0.25, -0.2) is 0 Å². The second-order valence-electron chi connectivity index (χ2n) is 10.0. The van der Waals surface area contributed by atoms with Gasteiger partial charge in [0.25, 0.3) is 0 Å². The van der Waals surface area contributed by atoms with Crippen molar-refractivity contribution in [1.82, 2.24) is 19.7 Å². The number of aromatic amines is 2. The Hall–Kier alpha value is -3.29. The first-order chi connectivity index (χ1) is 16.9. The first-order valence-electron chi connectivity index (χ1n) is 12.3. The molecule has 5 aromatic rings. The third-order valence-corrected chi connectivity index (χ3v) is 8.59. The molecule has 6 rings (SSSR count). The largest absolute Gasteiger partial charge is 0.356 e. The predicted octanol–water partition coefficient (Wildman–Crippen LogP) is 6.03. The Bertz CT molecular complexity index is 1530. The lowest BCUT2D eigenvalue weighted by molar-refractivity contribution is -0.134. The minimum Gasteiger partial charge on any atom is -0.356 e. The Kier molecular flexibility index (Phi) is 5.34. The zero-order valence-corrected chi connectivity index (χ0v) is 21.2. The fourth-order valence-electron chi connectivity index (χ4n) is 5.24. The summed E-state index contributed by atoms with van der Waals surface area (Å²) >= 11 is 1.81. The number of hydrogen-bond donors (Lipinski definition) is 3. The minimum absolute atomic E-state index is 0.0608. The van der Waals surface area contributed by atoms with Crippen LogP contribution in [0.4, 0.5) is 0 Å². The third kappa shape index (κ3) is 3.70. The number of fused-ring (bicyclic) bond motifs is 3. The molecule has 0 unspecified atom stereocenters. The molecule has 1 aliphatic heterocycles. The van der Waals surface area contributed by atoms with Crippen LogP contribution in [0.2, 0.25) is 0 Å². The van der Waals surface area contributed by atoms with E-state index in [2.05, 4.69) is 58.6 Å². The van der Waals surface area contributed by atoms with Crippen molar-refractivity contribution in [3.05, 3.63) is 60.4 Å². The molecule has 1 fully saturated rings. The van der Waals surface area contributed by atoms with Gasteiger partial charge in [-0.2, -0.15) is 0 Å². The van der Waals surface area contributed by atoms with E-state index in [1.165, 1.54) is 37.2 Å². The first kappa shape index (κ1) is 22.2. The number of aryl methyl sites for hydroxylation is 1. The summed E-state index contributed by atoms with van der Waals surface area (Å²) < 4.78 is 2.03. The summed E-state index contributed by atoms with van der Waals surface area (Å²) in [5, 5.41) is 6.73. The van der Waals surface area contributed by atoms with Crippen LogP contribution in [0.25, 0.3) is 42.7 Å². The Morgan fingerprint density at radius 3 is 2.63 bits per heavy atom. The number of carbonyl (C=O) groups is 1. The minimum atomic E-state index is -0.450. The SMILES string of the molecule is CC(C)[C@H](N)C(=O)N1CCC[C@H]1c1cc2ccc3cc(-c4ccc(-c5c[nH]n5C)s4)ccc3c2[nH]1. The average molecular weight is 486 g/mol. The zero-order chi connectivity index (χ0) is 24.3. The lowest BCUT2D eigenvalue weighted by Crippen LogP contribution is -2.46. The van der Waals surface area contributed by atoms with E-state index in [1.54, 1.807) is 0 Å². The van der Waals surface area contributed by atoms with Crippen LogP contribution in [0.15, 0.2) is 54.7 Å². The van der Waals surface area contributed by atoms with Gasteiger partial charge in [0.05, 0.1) is 28.2 Å². The number of thiophene rings is 1. The van der Waals surface area contributed by atoms with Gasteiger partial charge in [0.1, 0.15) is 0 Å². The van der Waals surface area contributed by atoms with Gasteiger partial charge >= 0.3 is 0 Å².